The normalized spacial score (nSPS) is 11.3. The van der Waals surface area contributed by atoms with E-state index in [0.29, 0.717) is 33.1 Å². The zero-order valence-electron chi connectivity index (χ0n) is 12.5. The molecule has 3 aromatic rings. The maximum Gasteiger partial charge on any atom is 0.208 e. The van der Waals surface area contributed by atoms with E-state index in [4.69, 9.17) is 17.3 Å². The topological polar surface area (TPSA) is 69.1 Å². The molecule has 2 aromatic heterocycles. The molecular formula is C15H15ClFN5S. The van der Waals surface area contributed by atoms with Gasteiger partial charge in [0.25, 0.3) is 0 Å². The summed E-state index contributed by atoms with van der Waals surface area (Å²) in [4.78, 5) is 4.36. The molecule has 0 atom stereocenters. The number of aromatic nitrogens is 4. The number of nitrogens with zero attached hydrogens (tertiary/aromatic N) is 4. The molecule has 0 aliphatic carbocycles. The highest BCUT2D eigenvalue weighted by Gasteiger charge is 2.14. The van der Waals surface area contributed by atoms with E-state index in [9.17, 15) is 4.39 Å². The lowest BCUT2D eigenvalue weighted by molar-refractivity contribution is 0.617. The van der Waals surface area contributed by atoms with Gasteiger partial charge in [-0.15, -0.1) is 10.2 Å². The Morgan fingerprint density at radius 3 is 2.91 bits per heavy atom. The molecule has 8 heteroatoms. The van der Waals surface area contributed by atoms with Crippen LogP contribution in [0, 0.1) is 5.82 Å². The van der Waals surface area contributed by atoms with Crippen LogP contribution in [0.3, 0.4) is 0 Å². The molecule has 2 heterocycles. The van der Waals surface area contributed by atoms with Gasteiger partial charge >= 0.3 is 0 Å². The molecule has 2 N–H and O–H groups in total. The Kier molecular flexibility index (Phi) is 4.68. The van der Waals surface area contributed by atoms with Crippen LogP contribution in [-0.2, 0) is 12.2 Å². The molecule has 0 fully saturated rings. The number of rotatable bonds is 5. The summed E-state index contributed by atoms with van der Waals surface area (Å²) in [7, 11) is 0. The lowest BCUT2D eigenvalue weighted by atomic mass is 10.2. The van der Waals surface area contributed by atoms with E-state index >= 15 is 0 Å². The third-order valence-corrected chi connectivity index (χ3v) is 4.66. The number of thioether (sulfide) groups is 1. The Morgan fingerprint density at radius 1 is 1.35 bits per heavy atom. The molecule has 5 nitrogen and oxygen atoms in total. The minimum atomic E-state index is -0.338. The first-order chi connectivity index (χ1) is 11.1. The van der Waals surface area contributed by atoms with Gasteiger partial charge in [-0.1, -0.05) is 42.8 Å². The SMILES string of the molecule is CCCc1cc2nnc(SCc3c(F)cccc3Cl)n2c(N)n1. The van der Waals surface area contributed by atoms with Crippen LogP contribution in [0.15, 0.2) is 29.4 Å². The second-order valence-corrected chi connectivity index (χ2v) is 6.37. The molecule has 0 radical (unpaired) electrons. The Morgan fingerprint density at radius 2 is 2.17 bits per heavy atom. The van der Waals surface area contributed by atoms with Crippen molar-refractivity contribution in [3.05, 3.63) is 46.4 Å². The van der Waals surface area contributed by atoms with Crippen LogP contribution in [0.25, 0.3) is 5.65 Å². The lowest BCUT2D eigenvalue weighted by Gasteiger charge is -2.06. The van der Waals surface area contributed by atoms with Crippen molar-refractivity contribution in [2.24, 2.45) is 0 Å². The highest BCUT2D eigenvalue weighted by Crippen LogP contribution is 2.28. The third kappa shape index (κ3) is 3.25. The van der Waals surface area contributed by atoms with E-state index in [1.165, 1.54) is 17.8 Å². The predicted molar refractivity (Wildman–Crippen MR) is 90.2 cm³/mol. The summed E-state index contributed by atoms with van der Waals surface area (Å²) >= 11 is 7.36. The minimum absolute atomic E-state index is 0.332. The smallest absolute Gasteiger partial charge is 0.208 e. The highest BCUT2D eigenvalue weighted by molar-refractivity contribution is 7.98. The molecular weight excluding hydrogens is 337 g/mol. The molecule has 23 heavy (non-hydrogen) atoms. The summed E-state index contributed by atoms with van der Waals surface area (Å²) in [6.07, 6.45) is 1.81. The number of nitrogen functional groups attached to an aromatic ring is 1. The zero-order valence-corrected chi connectivity index (χ0v) is 14.0. The van der Waals surface area contributed by atoms with E-state index in [0.717, 1.165) is 18.5 Å². The summed E-state index contributed by atoms with van der Waals surface area (Å²) in [5.41, 5.74) is 7.98. The standard InChI is InChI=1S/C15H15ClFN5S/c1-2-4-9-7-13-20-21-15(22(13)14(18)19-9)23-8-10-11(16)5-3-6-12(10)17/h3,5-7H,2,4,8H2,1H3,(H2,18,19). The molecule has 0 saturated heterocycles. The maximum absolute atomic E-state index is 13.8. The molecule has 0 amide bonds. The quantitative estimate of drug-likeness (QED) is 0.709. The van der Waals surface area contributed by atoms with Crippen molar-refractivity contribution in [1.29, 1.82) is 0 Å². The Balaban J connectivity index is 1.89. The Labute approximate surface area is 142 Å². The molecule has 0 unspecified atom stereocenters. The molecule has 0 aliphatic rings. The largest absolute Gasteiger partial charge is 0.369 e. The van der Waals surface area contributed by atoms with Crippen molar-refractivity contribution >= 4 is 35.0 Å². The van der Waals surface area contributed by atoms with Crippen molar-refractivity contribution in [2.75, 3.05) is 5.73 Å². The second kappa shape index (κ2) is 6.72. The van der Waals surface area contributed by atoms with Crippen LogP contribution in [0.4, 0.5) is 10.3 Å². The average molecular weight is 352 g/mol. The maximum atomic E-state index is 13.8. The van der Waals surface area contributed by atoms with Gasteiger partial charge in [0.05, 0.1) is 0 Å². The van der Waals surface area contributed by atoms with Crippen LogP contribution in [0.1, 0.15) is 24.6 Å². The van der Waals surface area contributed by atoms with Gasteiger partial charge in [0.2, 0.25) is 5.95 Å². The molecule has 1 aromatic carbocycles. The van der Waals surface area contributed by atoms with E-state index in [-0.39, 0.29) is 5.82 Å². The molecule has 0 saturated carbocycles. The van der Waals surface area contributed by atoms with Gasteiger partial charge in [-0.3, -0.25) is 0 Å². The van der Waals surface area contributed by atoms with E-state index in [2.05, 4.69) is 22.1 Å². The molecule has 3 rings (SSSR count). The Bertz CT molecular complexity index is 831. The second-order valence-electron chi connectivity index (χ2n) is 5.02. The molecule has 0 bridgehead atoms. The van der Waals surface area contributed by atoms with E-state index in [1.54, 1.807) is 16.5 Å². The minimum Gasteiger partial charge on any atom is -0.369 e. The van der Waals surface area contributed by atoms with Crippen molar-refractivity contribution in [3.63, 3.8) is 0 Å². The first-order valence-electron chi connectivity index (χ1n) is 7.16. The van der Waals surface area contributed by atoms with Gasteiger partial charge in [-0.05, 0) is 18.6 Å². The molecule has 120 valence electrons. The number of benzene rings is 1. The Hall–Kier alpha value is -1.86. The fourth-order valence-electron chi connectivity index (χ4n) is 2.25. The fourth-order valence-corrected chi connectivity index (χ4v) is 3.54. The van der Waals surface area contributed by atoms with E-state index in [1.807, 2.05) is 6.07 Å². The van der Waals surface area contributed by atoms with Crippen molar-refractivity contribution in [1.82, 2.24) is 19.6 Å². The average Bonchev–Trinajstić information content (AvgIpc) is 2.91. The fraction of sp³-hybridized carbons (Fsp3) is 0.267. The summed E-state index contributed by atoms with van der Waals surface area (Å²) in [6, 6.07) is 6.49. The van der Waals surface area contributed by atoms with Crippen molar-refractivity contribution in [2.45, 2.75) is 30.7 Å². The first-order valence-corrected chi connectivity index (χ1v) is 8.52. The van der Waals surface area contributed by atoms with Gasteiger partial charge in [0, 0.05) is 28.1 Å². The van der Waals surface area contributed by atoms with Crippen molar-refractivity contribution < 1.29 is 4.39 Å². The zero-order chi connectivity index (χ0) is 16.4. The van der Waals surface area contributed by atoms with Crippen molar-refractivity contribution in [3.8, 4) is 0 Å². The summed E-state index contributed by atoms with van der Waals surface area (Å²) in [5, 5.41) is 9.20. The van der Waals surface area contributed by atoms with Crippen LogP contribution in [-0.4, -0.2) is 19.6 Å². The number of hydrogen-bond donors (Lipinski definition) is 1. The number of hydrogen-bond acceptors (Lipinski definition) is 5. The highest BCUT2D eigenvalue weighted by atomic mass is 35.5. The van der Waals surface area contributed by atoms with Gasteiger partial charge in [-0.25, -0.2) is 13.8 Å². The van der Waals surface area contributed by atoms with E-state index < -0.39 is 0 Å². The molecule has 0 aliphatic heterocycles. The number of halogens is 2. The summed E-state index contributed by atoms with van der Waals surface area (Å²) in [5.74, 6) is 0.329. The van der Waals surface area contributed by atoms with Gasteiger partial charge in [-0.2, -0.15) is 0 Å². The summed E-state index contributed by atoms with van der Waals surface area (Å²) < 4.78 is 15.5. The predicted octanol–water partition coefficient (Wildman–Crippen LogP) is 3.74. The molecule has 0 spiro atoms. The number of aryl methyl sites for hydroxylation is 1. The van der Waals surface area contributed by atoms with Crippen LogP contribution in [0.2, 0.25) is 5.02 Å². The summed E-state index contributed by atoms with van der Waals surface area (Å²) in [6.45, 7) is 2.07. The van der Waals surface area contributed by atoms with Crippen LogP contribution in [0.5, 0.6) is 0 Å². The lowest BCUT2D eigenvalue weighted by Crippen LogP contribution is -2.04. The third-order valence-electron chi connectivity index (χ3n) is 3.35. The van der Waals surface area contributed by atoms with Gasteiger partial charge < -0.3 is 5.73 Å². The monoisotopic (exact) mass is 351 g/mol. The van der Waals surface area contributed by atoms with Crippen LogP contribution >= 0.6 is 23.4 Å². The van der Waals surface area contributed by atoms with Crippen LogP contribution < -0.4 is 5.73 Å². The van der Waals surface area contributed by atoms with Gasteiger partial charge in [0.1, 0.15) is 5.82 Å². The number of anilines is 1. The number of nitrogens with two attached hydrogens (primary N) is 1. The number of fused-ring (bicyclic) bond motifs is 1. The van der Waals surface area contributed by atoms with Gasteiger partial charge in [0.15, 0.2) is 10.8 Å². The first kappa shape index (κ1) is 16.0.